The molecule has 3 rings (SSSR count). The Hall–Kier alpha value is -2.06. The molecule has 0 saturated heterocycles. The van der Waals surface area contributed by atoms with Gasteiger partial charge < -0.3 is 4.74 Å². The molecule has 0 aliphatic rings. The molecule has 1 heterocycles. The summed E-state index contributed by atoms with van der Waals surface area (Å²) >= 11 is 1.76. The van der Waals surface area contributed by atoms with Gasteiger partial charge in [-0.3, -0.25) is 0 Å². The van der Waals surface area contributed by atoms with Crippen LogP contribution in [0.4, 0.5) is 0 Å². The summed E-state index contributed by atoms with van der Waals surface area (Å²) in [6, 6.07) is 19.7. The Morgan fingerprint density at radius 1 is 0.857 bits per heavy atom. The Balaban J connectivity index is 1.86. The van der Waals surface area contributed by atoms with E-state index in [0.717, 1.165) is 5.75 Å². The highest BCUT2D eigenvalue weighted by atomic mass is 32.1. The van der Waals surface area contributed by atoms with E-state index in [-0.39, 0.29) is 16.9 Å². The number of hydrogen-bond acceptors (Lipinski definition) is 2. The van der Waals surface area contributed by atoms with Crippen LogP contribution in [-0.4, -0.2) is 0 Å². The zero-order valence-corrected chi connectivity index (χ0v) is 19.0. The average molecular weight is 393 g/mol. The van der Waals surface area contributed by atoms with Gasteiger partial charge in [-0.25, -0.2) is 0 Å². The van der Waals surface area contributed by atoms with Crippen molar-refractivity contribution in [2.75, 3.05) is 0 Å². The number of ether oxygens (including phenoxy) is 1. The smallest absolute Gasteiger partial charge is 0.138 e. The van der Waals surface area contributed by atoms with Crippen molar-refractivity contribution >= 4 is 11.3 Å². The molecule has 0 aliphatic heterocycles. The van der Waals surface area contributed by atoms with E-state index in [9.17, 15) is 0 Å². The molecule has 0 amide bonds. The van der Waals surface area contributed by atoms with Gasteiger partial charge in [-0.1, -0.05) is 77.9 Å². The summed E-state index contributed by atoms with van der Waals surface area (Å²) in [7, 11) is 0. The SMILES string of the molecule is Cc1cc(OC(c2cccs2)C(C)(C)C)ccc1-c1ccc(C(C)(C)C)cc1. The van der Waals surface area contributed by atoms with Crippen LogP contribution < -0.4 is 4.74 Å². The Bertz CT molecular complexity index is 907. The van der Waals surface area contributed by atoms with E-state index in [4.69, 9.17) is 4.74 Å². The van der Waals surface area contributed by atoms with Crippen molar-refractivity contribution in [1.82, 2.24) is 0 Å². The van der Waals surface area contributed by atoms with Crippen molar-refractivity contribution in [3.05, 3.63) is 76.0 Å². The van der Waals surface area contributed by atoms with Gasteiger partial charge in [0.25, 0.3) is 0 Å². The van der Waals surface area contributed by atoms with Crippen molar-refractivity contribution in [3.63, 3.8) is 0 Å². The molecule has 0 spiro atoms. The fourth-order valence-electron chi connectivity index (χ4n) is 3.42. The summed E-state index contributed by atoms with van der Waals surface area (Å²) in [4.78, 5) is 1.27. The minimum atomic E-state index is 0.0280. The van der Waals surface area contributed by atoms with Gasteiger partial charge in [-0.15, -0.1) is 11.3 Å². The van der Waals surface area contributed by atoms with Crippen LogP contribution in [0.2, 0.25) is 0 Å². The lowest BCUT2D eigenvalue weighted by Gasteiger charge is -2.30. The molecule has 1 nitrogen and oxygen atoms in total. The van der Waals surface area contributed by atoms with Crippen molar-refractivity contribution in [3.8, 4) is 16.9 Å². The number of rotatable bonds is 4. The van der Waals surface area contributed by atoms with Crippen molar-refractivity contribution in [1.29, 1.82) is 0 Å². The van der Waals surface area contributed by atoms with Gasteiger partial charge in [0.15, 0.2) is 0 Å². The molecule has 1 unspecified atom stereocenters. The third kappa shape index (κ3) is 4.67. The predicted molar refractivity (Wildman–Crippen MR) is 122 cm³/mol. The second-order valence-electron chi connectivity index (χ2n) is 9.68. The van der Waals surface area contributed by atoms with E-state index in [0.29, 0.717) is 0 Å². The van der Waals surface area contributed by atoms with Crippen molar-refractivity contribution < 1.29 is 4.74 Å². The standard InChI is InChI=1S/C26H32OS/c1-18-17-21(27-24(26(5,6)7)23-9-8-16-28-23)14-15-22(18)19-10-12-20(13-11-19)25(2,3)4/h8-17,24H,1-7H3. The maximum atomic E-state index is 6.47. The fourth-order valence-corrected chi connectivity index (χ4v) is 4.42. The lowest BCUT2D eigenvalue weighted by atomic mass is 9.86. The van der Waals surface area contributed by atoms with Gasteiger partial charge in [-0.2, -0.15) is 0 Å². The molecule has 0 fully saturated rings. The Kier molecular flexibility index (Phi) is 5.72. The molecule has 2 aromatic carbocycles. The van der Waals surface area contributed by atoms with Crippen molar-refractivity contribution in [2.24, 2.45) is 5.41 Å². The second-order valence-corrected chi connectivity index (χ2v) is 10.7. The van der Waals surface area contributed by atoms with E-state index in [2.05, 4.69) is 108 Å². The molecule has 0 saturated carbocycles. The topological polar surface area (TPSA) is 9.23 Å². The van der Waals surface area contributed by atoms with Gasteiger partial charge in [0, 0.05) is 10.3 Å². The summed E-state index contributed by atoms with van der Waals surface area (Å²) in [5, 5.41) is 2.12. The van der Waals surface area contributed by atoms with Gasteiger partial charge in [0.2, 0.25) is 0 Å². The molecule has 28 heavy (non-hydrogen) atoms. The fraction of sp³-hybridized carbons (Fsp3) is 0.385. The first-order valence-corrected chi connectivity index (χ1v) is 10.9. The maximum Gasteiger partial charge on any atom is 0.138 e. The first-order valence-electron chi connectivity index (χ1n) is 9.97. The quantitative estimate of drug-likeness (QED) is 0.435. The van der Waals surface area contributed by atoms with Crippen LogP contribution in [0, 0.1) is 12.3 Å². The van der Waals surface area contributed by atoms with Crippen LogP contribution in [0.5, 0.6) is 5.75 Å². The van der Waals surface area contributed by atoms with Crippen LogP contribution in [-0.2, 0) is 5.41 Å². The van der Waals surface area contributed by atoms with Crippen LogP contribution in [0.25, 0.3) is 11.1 Å². The molecule has 2 heteroatoms. The Morgan fingerprint density at radius 2 is 1.54 bits per heavy atom. The maximum absolute atomic E-state index is 6.47. The molecule has 0 aliphatic carbocycles. The summed E-state index contributed by atoms with van der Waals surface area (Å²) in [6.45, 7) is 15.6. The predicted octanol–water partition coefficient (Wildman–Crippen LogP) is 8.19. The zero-order chi connectivity index (χ0) is 20.5. The monoisotopic (exact) mass is 392 g/mol. The van der Waals surface area contributed by atoms with Crippen molar-refractivity contribution in [2.45, 2.75) is 60.0 Å². The lowest BCUT2D eigenvalue weighted by molar-refractivity contribution is 0.0899. The van der Waals surface area contributed by atoms with E-state index in [1.54, 1.807) is 11.3 Å². The largest absolute Gasteiger partial charge is 0.484 e. The van der Waals surface area contributed by atoms with Gasteiger partial charge in [0.1, 0.15) is 11.9 Å². The lowest BCUT2D eigenvalue weighted by Crippen LogP contribution is -2.23. The first kappa shape index (κ1) is 20.7. The van der Waals surface area contributed by atoms with Crippen LogP contribution >= 0.6 is 11.3 Å². The van der Waals surface area contributed by atoms with Crippen LogP contribution in [0.3, 0.4) is 0 Å². The number of thiophene rings is 1. The third-order valence-corrected chi connectivity index (χ3v) is 6.02. The highest BCUT2D eigenvalue weighted by Crippen LogP contribution is 2.40. The summed E-state index contributed by atoms with van der Waals surface area (Å²) < 4.78 is 6.47. The van der Waals surface area contributed by atoms with E-state index < -0.39 is 0 Å². The molecule has 0 bridgehead atoms. The molecule has 0 N–H and O–H groups in total. The van der Waals surface area contributed by atoms with E-state index in [1.807, 2.05) is 0 Å². The summed E-state index contributed by atoms with van der Waals surface area (Å²) in [5.74, 6) is 0.931. The number of benzene rings is 2. The molecular formula is C26H32OS. The molecule has 3 aromatic rings. The minimum absolute atomic E-state index is 0.0280. The van der Waals surface area contributed by atoms with E-state index >= 15 is 0 Å². The summed E-state index contributed by atoms with van der Waals surface area (Å²) in [6.07, 6.45) is 0.0452. The molecule has 0 radical (unpaired) electrons. The van der Waals surface area contributed by atoms with Gasteiger partial charge >= 0.3 is 0 Å². The molecule has 1 atom stereocenters. The molecule has 148 valence electrons. The zero-order valence-electron chi connectivity index (χ0n) is 18.2. The number of aryl methyl sites for hydroxylation is 1. The minimum Gasteiger partial charge on any atom is -0.484 e. The Morgan fingerprint density at radius 3 is 2.04 bits per heavy atom. The molecular weight excluding hydrogens is 360 g/mol. The normalized spacial score (nSPS) is 13.4. The second kappa shape index (κ2) is 7.75. The van der Waals surface area contributed by atoms with Gasteiger partial charge in [0.05, 0.1) is 0 Å². The highest BCUT2D eigenvalue weighted by molar-refractivity contribution is 7.10. The average Bonchev–Trinajstić information content (AvgIpc) is 3.12. The molecule has 1 aromatic heterocycles. The highest BCUT2D eigenvalue weighted by Gasteiger charge is 2.29. The van der Waals surface area contributed by atoms with Crippen LogP contribution in [0.1, 0.15) is 63.7 Å². The third-order valence-electron chi connectivity index (χ3n) is 5.10. The summed E-state index contributed by atoms with van der Waals surface area (Å²) in [5.41, 5.74) is 5.31. The Labute approximate surface area is 174 Å². The number of hydrogen-bond donors (Lipinski definition) is 0. The van der Waals surface area contributed by atoms with Gasteiger partial charge in [-0.05, 0) is 58.2 Å². The van der Waals surface area contributed by atoms with E-state index in [1.165, 1.54) is 27.1 Å². The van der Waals surface area contributed by atoms with Crippen LogP contribution in [0.15, 0.2) is 60.0 Å². The first-order chi connectivity index (χ1) is 13.1.